The van der Waals surface area contributed by atoms with Crippen LogP contribution in [0.3, 0.4) is 0 Å². The molecule has 0 aliphatic heterocycles. The first-order valence-electron chi connectivity index (χ1n) is 22.3. The van der Waals surface area contributed by atoms with Crippen molar-refractivity contribution in [2.45, 2.75) is 19.3 Å². The largest absolute Gasteiger partial charge is 0.310 e. The number of benzene rings is 11. The first kappa shape index (κ1) is 37.7. The Labute approximate surface area is 375 Å². The zero-order valence-electron chi connectivity index (χ0n) is 36.0. The van der Waals surface area contributed by atoms with Gasteiger partial charge in [0.25, 0.3) is 0 Å². The van der Waals surface area contributed by atoms with Crippen molar-refractivity contribution >= 4 is 49.4 Å². The zero-order valence-corrected chi connectivity index (χ0v) is 36.0. The van der Waals surface area contributed by atoms with Crippen LogP contribution in [-0.4, -0.2) is 0 Å². The van der Waals surface area contributed by atoms with Gasteiger partial charge in [-0.25, -0.2) is 0 Å². The van der Waals surface area contributed by atoms with Gasteiger partial charge in [0.05, 0.1) is 5.69 Å². The minimum atomic E-state index is -0.234. The highest BCUT2D eigenvalue weighted by Gasteiger charge is 2.36. The molecule has 0 aromatic heterocycles. The standard InChI is InChI=1S/C63H45N/c1-63(2)60-40-50(59-39-49-18-8-9-19-53(49)55-21-10-11-22-56(55)59)32-36-57(60)58-37-35-52(41-61(58)63)64(51-33-30-45(31-34-51)48-29-26-43-16-6-7-17-47(43)38-48)62-23-13-12-20-54(62)46-27-24-44(25-28-46)42-14-4-3-5-15-42/h3-41H,1-2H3. The summed E-state index contributed by atoms with van der Waals surface area (Å²) in [7, 11) is 0. The molecule has 0 heterocycles. The second-order valence-electron chi connectivity index (χ2n) is 17.7. The van der Waals surface area contributed by atoms with Crippen LogP contribution in [0.5, 0.6) is 0 Å². The van der Waals surface area contributed by atoms with Crippen LogP contribution in [0.15, 0.2) is 237 Å². The molecule has 1 nitrogen and oxygen atoms in total. The van der Waals surface area contributed by atoms with E-state index < -0.39 is 0 Å². The molecule has 0 fully saturated rings. The molecule has 0 bridgehead atoms. The molecule has 1 aliphatic carbocycles. The third-order valence-corrected chi connectivity index (χ3v) is 13.7. The van der Waals surface area contributed by atoms with Crippen LogP contribution in [0, 0.1) is 0 Å². The van der Waals surface area contributed by atoms with E-state index in [9.17, 15) is 0 Å². The first-order valence-corrected chi connectivity index (χ1v) is 22.3. The molecule has 0 N–H and O–H groups in total. The lowest BCUT2D eigenvalue weighted by Crippen LogP contribution is -2.17. The van der Waals surface area contributed by atoms with Gasteiger partial charge in [-0.1, -0.05) is 202 Å². The Morgan fingerprint density at radius 1 is 0.281 bits per heavy atom. The number of nitrogens with zero attached hydrogens (tertiary/aromatic N) is 1. The molecule has 1 aliphatic rings. The molecule has 0 saturated carbocycles. The molecule has 0 saturated heterocycles. The first-order chi connectivity index (χ1) is 31.5. The third kappa shape index (κ3) is 6.31. The summed E-state index contributed by atoms with van der Waals surface area (Å²) in [6.45, 7) is 4.79. The summed E-state index contributed by atoms with van der Waals surface area (Å²) in [5, 5.41) is 7.64. The average Bonchev–Trinajstić information content (AvgIpc) is 3.58. The third-order valence-electron chi connectivity index (χ3n) is 13.7. The fourth-order valence-electron chi connectivity index (χ4n) is 10.3. The lowest BCUT2D eigenvalue weighted by atomic mass is 9.81. The molecule has 0 atom stereocenters. The fourth-order valence-corrected chi connectivity index (χ4v) is 10.3. The summed E-state index contributed by atoms with van der Waals surface area (Å²) in [4.78, 5) is 2.45. The van der Waals surface area contributed by atoms with Gasteiger partial charge in [-0.2, -0.15) is 0 Å². The number of hydrogen-bond donors (Lipinski definition) is 0. The van der Waals surface area contributed by atoms with Crippen molar-refractivity contribution in [3.05, 3.63) is 248 Å². The highest BCUT2D eigenvalue weighted by atomic mass is 15.1. The zero-order chi connectivity index (χ0) is 42.8. The SMILES string of the molecule is CC1(C)c2cc(-c3cc4ccccc4c4ccccc34)ccc2-c2ccc(N(c3ccc(-c4ccc5ccccc5c4)cc3)c3ccccc3-c3ccc(-c4ccccc4)cc3)cc21. The molecule has 11 aromatic carbocycles. The topological polar surface area (TPSA) is 3.24 Å². The van der Waals surface area contributed by atoms with Gasteiger partial charge >= 0.3 is 0 Å². The van der Waals surface area contributed by atoms with Crippen LogP contribution in [0.1, 0.15) is 25.0 Å². The molecule has 302 valence electrons. The summed E-state index contributed by atoms with van der Waals surface area (Å²) in [6, 6.07) is 87.2. The number of hydrogen-bond acceptors (Lipinski definition) is 1. The lowest BCUT2D eigenvalue weighted by molar-refractivity contribution is 0.660. The molecule has 64 heavy (non-hydrogen) atoms. The van der Waals surface area contributed by atoms with Crippen LogP contribution in [0.4, 0.5) is 17.1 Å². The van der Waals surface area contributed by atoms with E-state index in [1.165, 1.54) is 99.1 Å². The van der Waals surface area contributed by atoms with Crippen molar-refractivity contribution in [3.8, 4) is 55.6 Å². The van der Waals surface area contributed by atoms with Gasteiger partial charge in [-0.05, 0) is 142 Å². The van der Waals surface area contributed by atoms with Crippen molar-refractivity contribution in [3.63, 3.8) is 0 Å². The molecule has 0 radical (unpaired) electrons. The maximum absolute atomic E-state index is 2.46. The Hall–Kier alpha value is -8.00. The molecule has 0 spiro atoms. The molecule has 12 rings (SSSR count). The summed E-state index contributed by atoms with van der Waals surface area (Å²) in [6.07, 6.45) is 0. The molecule has 0 unspecified atom stereocenters. The summed E-state index contributed by atoms with van der Waals surface area (Å²) < 4.78 is 0. The smallest absolute Gasteiger partial charge is 0.0540 e. The van der Waals surface area contributed by atoms with Crippen LogP contribution in [0.25, 0.3) is 88.0 Å². The predicted octanol–water partition coefficient (Wildman–Crippen LogP) is 17.6. The monoisotopic (exact) mass is 815 g/mol. The number of rotatable bonds is 7. The van der Waals surface area contributed by atoms with Crippen LogP contribution >= 0.6 is 0 Å². The Balaban J connectivity index is 0.976. The minimum absolute atomic E-state index is 0.234. The molecular formula is C63H45N. The van der Waals surface area contributed by atoms with Gasteiger partial charge in [0.15, 0.2) is 0 Å². The van der Waals surface area contributed by atoms with Crippen molar-refractivity contribution in [1.29, 1.82) is 0 Å². The normalized spacial score (nSPS) is 12.7. The van der Waals surface area contributed by atoms with Crippen molar-refractivity contribution in [2.24, 2.45) is 0 Å². The highest BCUT2D eigenvalue weighted by molar-refractivity contribution is 6.14. The Bertz CT molecular complexity index is 3560. The van der Waals surface area contributed by atoms with Crippen LogP contribution in [-0.2, 0) is 5.41 Å². The van der Waals surface area contributed by atoms with Crippen LogP contribution in [0.2, 0.25) is 0 Å². The summed E-state index contributed by atoms with van der Waals surface area (Å²) in [5.41, 5.74) is 18.2. The number of para-hydroxylation sites is 1. The van der Waals surface area contributed by atoms with Gasteiger partial charge in [-0.15, -0.1) is 0 Å². The maximum Gasteiger partial charge on any atom is 0.0540 e. The highest BCUT2D eigenvalue weighted by Crippen LogP contribution is 2.53. The van der Waals surface area contributed by atoms with Crippen molar-refractivity contribution < 1.29 is 0 Å². The predicted molar refractivity (Wildman–Crippen MR) is 273 cm³/mol. The number of anilines is 3. The Morgan fingerprint density at radius 2 is 0.812 bits per heavy atom. The van der Waals surface area contributed by atoms with Gasteiger partial charge in [-0.3, -0.25) is 0 Å². The summed E-state index contributed by atoms with van der Waals surface area (Å²) >= 11 is 0. The Kier molecular flexibility index (Phi) is 8.91. The molecular weight excluding hydrogens is 771 g/mol. The second-order valence-corrected chi connectivity index (χ2v) is 17.7. The average molecular weight is 816 g/mol. The van der Waals surface area contributed by atoms with Crippen molar-refractivity contribution in [2.75, 3.05) is 4.90 Å². The van der Waals surface area contributed by atoms with E-state index >= 15 is 0 Å². The molecule has 11 aromatic rings. The van der Waals surface area contributed by atoms with E-state index in [1.807, 2.05) is 0 Å². The van der Waals surface area contributed by atoms with E-state index in [4.69, 9.17) is 0 Å². The van der Waals surface area contributed by atoms with Crippen molar-refractivity contribution in [1.82, 2.24) is 0 Å². The Morgan fingerprint density at radius 3 is 1.61 bits per heavy atom. The van der Waals surface area contributed by atoms with E-state index in [2.05, 4.69) is 255 Å². The maximum atomic E-state index is 2.46. The van der Waals surface area contributed by atoms with Gasteiger partial charge < -0.3 is 4.90 Å². The van der Waals surface area contributed by atoms with E-state index in [-0.39, 0.29) is 5.41 Å². The van der Waals surface area contributed by atoms with Gasteiger partial charge in [0.2, 0.25) is 0 Å². The number of fused-ring (bicyclic) bond motifs is 7. The van der Waals surface area contributed by atoms with E-state index in [1.54, 1.807) is 0 Å². The molecule has 0 amide bonds. The molecule has 1 heteroatoms. The quantitative estimate of drug-likeness (QED) is 0.145. The van der Waals surface area contributed by atoms with Gasteiger partial charge in [0, 0.05) is 22.4 Å². The minimum Gasteiger partial charge on any atom is -0.310 e. The lowest BCUT2D eigenvalue weighted by Gasteiger charge is -2.30. The summed E-state index contributed by atoms with van der Waals surface area (Å²) in [5.74, 6) is 0. The van der Waals surface area contributed by atoms with Gasteiger partial charge in [0.1, 0.15) is 0 Å². The fraction of sp³-hybridized carbons (Fsp3) is 0.0476. The van der Waals surface area contributed by atoms with Crippen LogP contribution < -0.4 is 4.90 Å². The van der Waals surface area contributed by atoms with E-state index in [0.29, 0.717) is 0 Å². The van der Waals surface area contributed by atoms with E-state index in [0.717, 1.165) is 17.1 Å². The second kappa shape index (κ2) is 15.1.